The standard InChI is InChI=1S/C18H19N7O2/c1-27-18-24-16(20)23-17(25-18)21-10-11-6-8-12(9-7-11)15(26)22-14-5-3-2-4-13(14)19/h2-9H,10,19H2,1H3,(H,22,26)(H3,20,21,23,24,25). The fourth-order valence-corrected chi connectivity index (χ4v) is 2.30. The van der Waals surface area contributed by atoms with Crippen molar-refractivity contribution in [1.29, 1.82) is 0 Å². The quantitative estimate of drug-likeness (QED) is 0.485. The van der Waals surface area contributed by atoms with Gasteiger partial charge in [-0.05, 0) is 29.8 Å². The summed E-state index contributed by atoms with van der Waals surface area (Å²) in [6.45, 7) is 0.445. The maximum Gasteiger partial charge on any atom is 0.322 e. The molecule has 0 radical (unpaired) electrons. The van der Waals surface area contributed by atoms with E-state index in [0.717, 1.165) is 5.56 Å². The number of methoxy groups -OCH3 is 1. The zero-order chi connectivity index (χ0) is 19.2. The highest BCUT2D eigenvalue weighted by Crippen LogP contribution is 2.18. The monoisotopic (exact) mass is 365 g/mol. The molecule has 0 aliphatic carbocycles. The Morgan fingerprint density at radius 2 is 1.78 bits per heavy atom. The van der Waals surface area contributed by atoms with Gasteiger partial charge in [-0.2, -0.15) is 15.0 Å². The van der Waals surface area contributed by atoms with Gasteiger partial charge in [-0.25, -0.2) is 0 Å². The van der Waals surface area contributed by atoms with Crippen LogP contribution in [0.5, 0.6) is 6.01 Å². The molecule has 0 saturated carbocycles. The first-order valence-corrected chi connectivity index (χ1v) is 8.09. The predicted molar refractivity (Wildman–Crippen MR) is 103 cm³/mol. The summed E-state index contributed by atoms with van der Waals surface area (Å²) in [6, 6.07) is 14.4. The first-order valence-electron chi connectivity index (χ1n) is 8.09. The molecule has 0 bridgehead atoms. The molecule has 9 nitrogen and oxygen atoms in total. The highest BCUT2D eigenvalue weighted by molar-refractivity contribution is 6.05. The fourth-order valence-electron chi connectivity index (χ4n) is 2.30. The molecule has 0 aliphatic rings. The summed E-state index contributed by atoms with van der Waals surface area (Å²) < 4.78 is 4.95. The summed E-state index contributed by atoms with van der Waals surface area (Å²) in [4.78, 5) is 24.2. The lowest BCUT2D eigenvalue weighted by Gasteiger charge is -2.09. The van der Waals surface area contributed by atoms with E-state index in [0.29, 0.717) is 29.4 Å². The molecule has 3 aromatic rings. The van der Waals surface area contributed by atoms with E-state index >= 15 is 0 Å². The Balaban J connectivity index is 1.62. The molecule has 1 heterocycles. The third-order valence-corrected chi connectivity index (χ3v) is 3.69. The van der Waals surface area contributed by atoms with E-state index in [-0.39, 0.29) is 17.9 Å². The second-order valence-electron chi connectivity index (χ2n) is 5.60. The smallest absolute Gasteiger partial charge is 0.322 e. The zero-order valence-corrected chi connectivity index (χ0v) is 14.6. The van der Waals surface area contributed by atoms with Crippen molar-refractivity contribution >= 4 is 29.2 Å². The molecular weight excluding hydrogens is 346 g/mol. The van der Waals surface area contributed by atoms with E-state index in [2.05, 4.69) is 25.6 Å². The number of amides is 1. The van der Waals surface area contributed by atoms with E-state index < -0.39 is 0 Å². The highest BCUT2D eigenvalue weighted by Gasteiger charge is 2.08. The van der Waals surface area contributed by atoms with Gasteiger partial charge >= 0.3 is 6.01 Å². The highest BCUT2D eigenvalue weighted by atomic mass is 16.5. The number of anilines is 4. The molecule has 1 aromatic heterocycles. The van der Waals surface area contributed by atoms with E-state index in [1.807, 2.05) is 24.3 Å². The predicted octanol–water partition coefficient (Wildman–Crippen LogP) is 1.91. The van der Waals surface area contributed by atoms with Gasteiger partial charge < -0.3 is 26.8 Å². The molecule has 1 amide bonds. The SMILES string of the molecule is COc1nc(N)nc(NCc2ccc(C(=O)Nc3ccccc3N)cc2)n1. The van der Waals surface area contributed by atoms with Crippen LogP contribution in [0.1, 0.15) is 15.9 Å². The number of nitrogens with two attached hydrogens (primary N) is 2. The van der Waals surface area contributed by atoms with E-state index in [1.54, 1.807) is 24.3 Å². The van der Waals surface area contributed by atoms with Crippen LogP contribution in [0.15, 0.2) is 48.5 Å². The van der Waals surface area contributed by atoms with Crippen molar-refractivity contribution in [2.45, 2.75) is 6.54 Å². The van der Waals surface area contributed by atoms with Gasteiger partial charge in [0, 0.05) is 12.1 Å². The average Bonchev–Trinajstić information content (AvgIpc) is 2.68. The largest absolute Gasteiger partial charge is 0.467 e. The number of carbonyl (C=O) groups is 1. The molecule has 0 unspecified atom stereocenters. The maximum absolute atomic E-state index is 12.3. The third-order valence-electron chi connectivity index (χ3n) is 3.69. The molecule has 0 atom stereocenters. The van der Waals surface area contributed by atoms with Crippen molar-refractivity contribution in [3.63, 3.8) is 0 Å². The van der Waals surface area contributed by atoms with Gasteiger partial charge in [-0.3, -0.25) is 4.79 Å². The Bertz CT molecular complexity index is 945. The lowest BCUT2D eigenvalue weighted by molar-refractivity contribution is 0.102. The van der Waals surface area contributed by atoms with Crippen LogP contribution in [-0.2, 0) is 6.54 Å². The third kappa shape index (κ3) is 4.60. The Morgan fingerprint density at radius 3 is 2.48 bits per heavy atom. The second-order valence-corrected chi connectivity index (χ2v) is 5.60. The van der Waals surface area contributed by atoms with Gasteiger partial charge in [0.25, 0.3) is 5.91 Å². The summed E-state index contributed by atoms with van der Waals surface area (Å²) in [6.07, 6.45) is 0. The number of benzene rings is 2. The van der Waals surface area contributed by atoms with E-state index in [9.17, 15) is 4.79 Å². The van der Waals surface area contributed by atoms with Gasteiger partial charge in [0.05, 0.1) is 18.5 Å². The first-order chi connectivity index (χ1) is 13.0. The molecule has 3 rings (SSSR count). The molecule has 0 saturated heterocycles. The molecular formula is C18H19N7O2. The number of nitrogens with one attached hydrogen (secondary N) is 2. The Labute approximate surface area is 155 Å². The van der Waals surface area contributed by atoms with Crippen LogP contribution >= 0.6 is 0 Å². The number of hydrogen-bond acceptors (Lipinski definition) is 8. The summed E-state index contributed by atoms with van der Waals surface area (Å²) in [5.74, 6) is 0.139. The Morgan fingerprint density at radius 1 is 1.04 bits per heavy atom. The number of carbonyl (C=O) groups excluding carboxylic acids is 1. The average molecular weight is 365 g/mol. The number of ether oxygens (including phenoxy) is 1. The maximum atomic E-state index is 12.3. The van der Waals surface area contributed by atoms with Crippen LogP contribution < -0.4 is 26.8 Å². The van der Waals surface area contributed by atoms with Crippen LogP contribution in [0.2, 0.25) is 0 Å². The second kappa shape index (κ2) is 8.00. The summed E-state index contributed by atoms with van der Waals surface area (Å²) in [5, 5.41) is 5.82. The number of aromatic nitrogens is 3. The van der Waals surface area contributed by atoms with Crippen LogP contribution in [0.4, 0.5) is 23.3 Å². The van der Waals surface area contributed by atoms with E-state index in [1.165, 1.54) is 7.11 Å². The van der Waals surface area contributed by atoms with Crippen LogP contribution in [0.3, 0.4) is 0 Å². The number of rotatable bonds is 6. The Hall–Kier alpha value is -3.88. The summed E-state index contributed by atoms with van der Waals surface area (Å²) in [5.41, 5.74) is 14.0. The Kier molecular flexibility index (Phi) is 5.31. The molecule has 6 N–H and O–H groups in total. The van der Waals surface area contributed by atoms with E-state index in [4.69, 9.17) is 16.2 Å². The van der Waals surface area contributed by atoms with Crippen LogP contribution in [0, 0.1) is 0 Å². The minimum absolute atomic E-state index is 0.0663. The van der Waals surface area contributed by atoms with Crippen molar-refractivity contribution < 1.29 is 9.53 Å². The van der Waals surface area contributed by atoms with Crippen molar-refractivity contribution in [3.05, 3.63) is 59.7 Å². The molecule has 138 valence electrons. The van der Waals surface area contributed by atoms with Gasteiger partial charge in [0.1, 0.15) is 0 Å². The number of para-hydroxylation sites is 2. The first kappa shape index (κ1) is 17.9. The summed E-state index contributed by atoms with van der Waals surface area (Å²) >= 11 is 0. The van der Waals surface area contributed by atoms with Gasteiger partial charge in [0.2, 0.25) is 11.9 Å². The normalized spacial score (nSPS) is 10.3. The van der Waals surface area contributed by atoms with Gasteiger partial charge in [-0.1, -0.05) is 24.3 Å². The number of nitrogen functional groups attached to an aromatic ring is 2. The van der Waals surface area contributed by atoms with Gasteiger partial charge in [-0.15, -0.1) is 0 Å². The minimum Gasteiger partial charge on any atom is -0.467 e. The van der Waals surface area contributed by atoms with Gasteiger partial charge in [0.15, 0.2) is 0 Å². The van der Waals surface area contributed by atoms with Crippen LogP contribution in [0.25, 0.3) is 0 Å². The lowest BCUT2D eigenvalue weighted by Crippen LogP contribution is -2.13. The zero-order valence-electron chi connectivity index (χ0n) is 14.6. The summed E-state index contributed by atoms with van der Waals surface area (Å²) in [7, 11) is 1.45. The molecule has 27 heavy (non-hydrogen) atoms. The van der Waals surface area contributed by atoms with Crippen molar-refractivity contribution in [3.8, 4) is 6.01 Å². The van der Waals surface area contributed by atoms with Crippen molar-refractivity contribution in [2.24, 2.45) is 0 Å². The lowest BCUT2D eigenvalue weighted by atomic mass is 10.1. The molecule has 0 fully saturated rings. The minimum atomic E-state index is -0.234. The van der Waals surface area contributed by atoms with Crippen LogP contribution in [-0.4, -0.2) is 28.0 Å². The number of nitrogens with zero attached hydrogens (tertiary/aromatic N) is 3. The van der Waals surface area contributed by atoms with Crippen molar-refractivity contribution in [1.82, 2.24) is 15.0 Å². The van der Waals surface area contributed by atoms with Crippen molar-refractivity contribution in [2.75, 3.05) is 29.2 Å². The number of hydrogen-bond donors (Lipinski definition) is 4. The molecule has 9 heteroatoms. The topological polar surface area (TPSA) is 141 Å². The molecule has 0 aliphatic heterocycles. The fraction of sp³-hybridized carbons (Fsp3) is 0.111. The molecule has 0 spiro atoms. The molecule has 2 aromatic carbocycles.